The molecule has 0 aliphatic carbocycles. The summed E-state index contributed by atoms with van der Waals surface area (Å²) in [5, 5.41) is 4.59. The monoisotopic (exact) mass is 292 g/mol. The van der Waals surface area contributed by atoms with Crippen LogP contribution in [0.5, 0.6) is 0 Å². The Morgan fingerprint density at radius 1 is 1.29 bits per heavy atom. The van der Waals surface area contributed by atoms with Crippen LogP contribution in [0.15, 0.2) is 12.3 Å². The van der Waals surface area contributed by atoms with Crippen LogP contribution in [0.4, 0.5) is 0 Å². The molecule has 4 heteroatoms. The first-order valence-electron chi connectivity index (χ1n) is 8.20. The maximum atomic E-state index is 12.6. The van der Waals surface area contributed by atoms with E-state index in [0.29, 0.717) is 12.5 Å². The Kier molecular flexibility index (Phi) is 5.20. The molecular weight excluding hydrogens is 264 g/mol. The lowest BCUT2D eigenvalue weighted by molar-refractivity contribution is -0.124. The maximum Gasteiger partial charge on any atom is 0.144 e. The van der Waals surface area contributed by atoms with Gasteiger partial charge < -0.3 is 4.74 Å². The molecule has 1 fully saturated rings. The van der Waals surface area contributed by atoms with Crippen LogP contribution in [0.3, 0.4) is 0 Å². The summed E-state index contributed by atoms with van der Waals surface area (Å²) in [6.45, 7) is 10.5. The van der Waals surface area contributed by atoms with Crippen LogP contribution in [0.1, 0.15) is 59.2 Å². The maximum absolute atomic E-state index is 12.6. The fourth-order valence-electron chi connectivity index (χ4n) is 3.46. The van der Waals surface area contributed by atoms with Crippen LogP contribution in [-0.2, 0) is 16.0 Å². The third kappa shape index (κ3) is 3.37. The number of carbonyl (C=O) groups is 1. The normalized spacial score (nSPS) is 29.2. The Labute approximate surface area is 127 Å². The summed E-state index contributed by atoms with van der Waals surface area (Å²) < 4.78 is 7.78. The zero-order valence-electron chi connectivity index (χ0n) is 13.9. The molecule has 21 heavy (non-hydrogen) atoms. The fraction of sp³-hybridized carbons (Fsp3) is 0.765. The van der Waals surface area contributed by atoms with Gasteiger partial charge in [0, 0.05) is 12.1 Å². The molecule has 0 N–H and O–H groups in total. The molecule has 4 nitrogen and oxygen atoms in total. The topological polar surface area (TPSA) is 44.1 Å². The van der Waals surface area contributed by atoms with Gasteiger partial charge in [-0.3, -0.25) is 9.48 Å². The van der Waals surface area contributed by atoms with Gasteiger partial charge in [-0.1, -0.05) is 20.8 Å². The van der Waals surface area contributed by atoms with E-state index >= 15 is 0 Å². The lowest BCUT2D eigenvalue weighted by Crippen LogP contribution is -2.28. The number of nitrogens with zero attached hydrogens (tertiary/aromatic N) is 2. The van der Waals surface area contributed by atoms with Crippen LogP contribution in [0, 0.1) is 11.8 Å². The summed E-state index contributed by atoms with van der Waals surface area (Å²) in [5.41, 5.74) is 0.880. The smallest absolute Gasteiger partial charge is 0.144 e. The van der Waals surface area contributed by atoms with Crippen molar-refractivity contribution in [2.45, 2.75) is 72.1 Å². The summed E-state index contributed by atoms with van der Waals surface area (Å²) in [7, 11) is 0. The molecule has 1 saturated heterocycles. The number of hydrogen-bond donors (Lipinski definition) is 0. The molecule has 4 unspecified atom stereocenters. The molecule has 2 heterocycles. The van der Waals surface area contributed by atoms with Gasteiger partial charge >= 0.3 is 0 Å². The molecule has 1 aromatic rings. The minimum atomic E-state index is -0.00158. The van der Waals surface area contributed by atoms with Crippen molar-refractivity contribution in [3.8, 4) is 0 Å². The van der Waals surface area contributed by atoms with Gasteiger partial charge in [0.1, 0.15) is 5.78 Å². The van der Waals surface area contributed by atoms with Gasteiger partial charge in [-0.2, -0.15) is 5.10 Å². The van der Waals surface area contributed by atoms with E-state index < -0.39 is 0 Å². The summed E-state index contributed by atoms with van der Waals surface area (Å²) >= 11 is 0. The van der Waals surface area contributed by atoms with E-state index in [9.17, 15) is 4.79 Å². The first kappa shape index (κ1) is 16.2. The molecule has 0 saturated carbocycles. The summed E-state index contributed by atoms with van der Waals surface area (Å²) in [6.07, 6.45) is 4.73. The standard InChI is InChI=1S/C17H28N2O2/c1-6-15(7-2)19-9-8-14(18-19)10-16(20)17-11(3)12(4)21-13(17)5/h8-9,11-13,15,17H,6-7,10H2,1-5H3. The van der Waals surface area contributed by atoms with E-state index in [-0.39, 0.29) is 29.8 Å². The number of hydrogen-bond acceptors (Lipinski definition) is 3. The van der Waals surface area contributed by atoms with Gasteiger partial charge in [0.2, 0.25) is 0 Å². The van der Waals surface area contributed by atoms with Crippen LogP contribution < -0.4 is 0 Å². The second-order valence-electron chi connectivity index (χ2n) is 6.33. The van der Waals surface area contributed by atoms with Crippen molar-refractivity contribution < 1.29 is 9.53 Å². The highest BCUT2D eigenvalue weighted by Gasteiger charge is 2.41. The Morgan fingerprint density at radius 2 is 1.95 bits per heavy atom. The molecule has 1 aliphatic rings. The van der Waals surface area contributed by atoms with E-state index in [2.05, 4.69) is 32.8 Å². The average Bonchev–Trinajstić information content (AvgIpc) is 2.97. The van der Waals surface area contributed by atoms with Gasteiger partial charge in [-0.15, -0.1) is 0 Å². The Hall–Kier alpha value is -1.16. The van der Waals surface area contributed by atoms with Gasteiger partial charge in [0.15, 0.2) is 0 Å². The van der Waals surface area contributed by atoms with Crippen molar-refractivity contribution in [1.29, 1.82) is 0 Å². The molecule has 1 aromatic heterocycles. The number of Topliss-reactive ketones (excluding diaryl/α,β-unsaturated/α-hetero) is 1. The summed E-state index contributed by atoms with van der Waals surface area (Å²) in [5.74, 6) is 0.543. The molecule has 0 bridgehead atoms. The number of ketones is 1. The van der Waals surface area contributed by atoms with Crippen LogP contribution >= 0.6 is 0 Å². The van der Waals surface area contributed by atoms with Crippen molar-refractivity contribution in [2.75, 3.05) is 0 Å². The minimum absolute atomic E-state index is 0.00158. The Balaban J connectivity index is 2.03. The summed E-state index contributed by atoms with van der Waals surface area (Å²) in [4.78, 5) is 12.6. The van der Waals surface area contributed by atoms with Crippen molar-refractivity contribution >= 4 is 5.78 Å². The summed E-state index contributed by atoms with van der Waals surface area (Å²) in [6, 6.07) is 2.41. The first-order chi connectivity index (χ1) is 9.97. The van der Waals surface area contributed by atoms with Gasteiger partial charge in [-0.05, 0) is 38.7 Å². The number of carbonyl (C=O) groups excluding carboxylic acids is 1. The zero-order valence-corrected chi connectivity index (χ0v) is 13.9. The second kappa shape index (κ2) is 6.73. The van der Waals surface area contributed by atoms with Crippen LogP contribution in [0.2, 0.25) is 0 Å². The Morgan fingerprint density at radius 3 is 2.48 bits per heavy atom. The number of ether oxygens (including phenoxy) is 1. The number of rotatable bonds is 6. The van der Waals surface area contributed by atoms with Crippen molar-refractivity contribution in [2.24, 2.45) is 11.8 Å². The van der Waals surface area contributed by atoms with Crippen molar-refractivity contribution in [1.82, 2.24) is 9.78 Å². The minimum Gasteiger partial charge on any atom is -0.375 e. The molecule has 0 aromatic carbocycles. The van der Waals surface area contributed by atoms with Crippen LogP contribution in [0.25, 0.3) is 0 Å². The third-order valence-electron chi connectivity index (χ3n) is 4.95. The van der Waals surface area contributed by atoms with Gasteiger partial charge in [0.25, 0.3) is 0 Å². The molecule has 0 amide bonds. The molecule has 0 radical (unpaired) electrons. The van der Waals surface area contributed by atoms with Gasteiger partial charge in [0.05, 0.1) is 30.4 Å². The second-order valence-corrected chi connectivity index (χ2v) is 6.33. The quantitative estimate of drug-likeness (QED) is 0.807. The third-order valence-corrected chi connectivity index (χ3v) is 4.95. The molecule has 0 spiro atoms. The highest BCUT2D eigenvalue weighted by atomic mass is 16.5. The van der Waals surface area contributed by atoms with E-state index in [1.165, 1.54) is 0 Å². The van der Waals surface area contributed by atoms with E-state index in [0.717, 1.165) is 18.5 Å². The molecule has 2 rings (SSSR count). The molecule has 118 valence electrons. The largest absolute Gasteiger partial charge is 0.375 e. The van der Waals surface area contributed by atoms with Crippen molar-refractivity contribution in [3.63, 3.8) is 0 Å². The average molecular weight is 292 g/mol. The number of aromatic nitrogens is 2. The predicted octanol–water partition coefficient (Wildman–Crippen LogP) is 3.42. The highest BCUT2D eigenvalue weighted by Crippen LogP contribution is 2.33. The lowest BCUT2D eigenvalue weighted by atomic mass is 9.84. The molecule has 4 atom stereocenters. The van der Waals surface area contributed by atoms with Crippen LogP contribution in [-0.4, -0.2) is 27.8 Å². The predicted molar refractivity (Wildman–Crippen MR) is 83.2 cm³/mol. The van der Waals surface area contributed by atoms with E-state index in [4.69, 9.17) is 4.74 Å². The van der Waals surface area contributed by atoms with E-state index in [1.807, 2.05) is 23.9 Å². The SMILES string of the molecule is CCC(CC)n1ccc(CC(=O)C2C(C)OC(C)C2C)n1. The Bertz CT molecular complexity index is 479. The van der Waals surface area contributed by atoms with Gasteiger partial charge in [-0.25, -0.2) is 0 Å². The van der Waals surface area contributed by atoms with E-state index in [1.54, 1.807) is 0 Å². The highest BCUT2D eigenvalue weighted by molar-refractivity contribution is 5.84. The zero-order chi connectivity index (χ0) is 15.6. The first-order valence-corrected chi connectivity index (χ1v) is 8.20. The lowest BCUT2D eigenvalue weighted by Gasteiger charge is -2.16. The molecular formula is C17H28N2O2. The molecule has 1 aliphatic heterocycles. The fourth-order valence-corrected chi connectivity index (χ4v) is 3.46. The van der Waals surface area contributed by atoms with Crippen molar-refractivity contribution in [3.05, 3.63) is 18.0 Å².